The molecule has 1 N–H and O–H groups in total. The van der Waals surface area contributed by atoms with E-state index < -0.39 is 0 Å². The SMILES string of the molecule is CCOc1cc(C(=O)Nc2ccccc2CC)cc(Br)c1OC. The molecule has 0 radical (unpaired) electrons. The fourth-order valence-electron chi connectivity index (χ4n) is 2.31. The van der Waals surface area contributed by atoms with E-state index in [0.717, 1.165) is 17.7 Å². The normalized spacial score (nSPS) is 10.3. The highest BCUT2D eigenvalue weighted by Gasteiger charge is 2.16. The monoisotopic (exact) mass is 377 g/mol. The third-order valence-corrected chi connectivity index (χ3v) is 4.01. The van der Waals surface area contributed by atoms with Gasteiger partial charge in [0, 0.05) is 11.3 Å². The highest BCUT2D eigenvalue weighted by atomic mass is 79.9. The van der Waals surface area contributed by atoms with Crippen molar-refractivity contribution in [2.75, 3.05) is 19.0 Å². The Bertz CT molecular complexity index is 701. The number of para-hydroxylation sites is 1. The zero-order valence-electron chi connectivity index (χ0n) is 13.5. The van der Waals surface area contributed by atoms with E-state index >= 15 is 0 Å². The van der Waals surface area contributed by atoms with E-state index in [2.05, 4.69) is 28.2 Å². The van der Waals surface area contributed by atoms with Crippen molar-refractivity contribution >= 4 is 27.5 Å². The Labute approximate surface area is 144 Å². The molecule has 0 saturated carbocycles. The molecule has 0 aromatic heterocycles. The van der Waals surface area contributed by atoms with Crippen LogP contribution >= 0.6 is 15.9 Å². The predicted octanol–water partition coefficient (Wildman–Crippen LogP) is 4.67. The molecule has 0 aliphatic rings. The Kier molecular flexibility index (Phi) is 6.04. The summed E-state index contributed by atoms with van der Waals surface area (Å²) < 4.78 is 11.6. The van der Waals surface area contributed by atoms with E-state index in [4.69, 9.17) is 9.47 Å². The molecule has 0 aliphatic carbocycles. The number of ether oxygens (including phenoxy) is 2. The fraction of sp³-hybridized carbons (Fsp3) is 0.278. The molecule has 5 heteroatoms. The first-order valence-electron chi connectivity index (χ1n) is 7.50. The van der Waals surface area contributed by atoms with Crippen molar-refractivity contribution in [1.29, 1.82) is 0 Å². The number of amides is 1. The van der Waals surface area contributed by atoms with Crippen molar-refractivity contribution in [3.05, 3.63) is 52.0 Å². The second-order valence-corrected chi connectivity index (χ2v) is 5.74. The van der Waals surface area contributed by atoms with Gasteiger partial charge in [-0.1, -0.05) is 25.1 Å². The van der Waals surface area contributed by atoms with Gasteiger partial charge in [0.1, 0.15) is 0 Å². The van der Waals surface area contributed by atoms with E-state index in [1.165, 1.54) is 0 Å². The minimum atomic E-state index is -0.185. The zero-order chi connectivity index (χ0) is 16.8. The van der Waals surface area contributed by atoms with Gasteiger partial charge < -0.3 is 14.8 Å². The summed E-state index contributed by atoms with van der Waals surface area (Å²) in [5.74, 6) is 0.936. The van der Waals surface area contributed by atoms with Crippen LogP contribution in [-0.2, 0) is 6.42 Å². The summed E-state index contributed by atoms with van der Waals surface area (Å²) in [6, 6.07) is 11.2. The van der Waals surface area contributed by atoms with Gasteiger partial charge in [0.2, 0.25) is 0 Å². The third-order valence-electron chi connectivity index (χ3n) is 3.42. The molecule has 0 bridgehead atoms. The topological polar surface area (TPSA) is 47.6 Å². The zero-order valence-corrected chi connectivity index (χ0v) is 15.1. The van der Waals surface area contributed by atoms with Gasteiger partial charge in [0.05, 0.1) is 18.2 Å². The lowest BCUT2D eigenvalue weighted by atomic mass is 10.1. The van der Waals surface area contributed by atoms with Gasteiger partial charge in [-0.2, -0.15) is 0 Å². The second kappa shape index (κ2) is 8.02. The molecule has 2 aromatic carbocycles. The first kappa shape index (κ1) is 17.3. The van der Waals surface area contributed by atoms with Crippen LogP contribution in [0.15, 0.2) is 40.9 Å². The molecule has 23 heavy (non-hydrogen) atoms. The lowest BCUT2D eigenvalue weighted by Crippen LogP contribution is -2.13. The van der Waals surface area contributed by atoms with E-state index in [9.17, 15) is 4.79 Å². The summed E-state index contributed by atoms with van der Waals surface area (Å²) in [5.41, 5.74) is 2.43. The van der Waals surface area contributed by atoms with Crippen molar-refractivity contribution in [2.24, 2.45) is 0 Å². The van der Waals surface area contributed by atoms with Crippen LogP contribution in [0.5, 0.6) is 11.5 Å². The van der Waals surface area contributed by atoms with Gasteiger partial charge in [0.25, 0.3) is 5.91 Å². The molecule has 2 rings (SSSR count). The molecule has 4 nitrogen and oxygen atoms in total. The maximum absolute atomic E-state index is 12.6. The molecular weight excluding hydrogens is 358 g/mol. The molecule has 0 atom stereocenters. The molecule has 1 amide bonds. The fourth-order valence-corrected chi connectivity index (χ4v) is 2.91. The number of hydrogen-bond donors (Lipinski definition) is 1. The number of anilines is 1. The lowest BCUT2D eigenvalue weighted by Gasteiger charge is -2.14. The molecule has 0 unspecified atom stereocenters. The average Bonchev–Trinajstić information content (AvgIpc) is 2.55. The lowest BCUT2D eigenvalue weighted by molar-refractivity contribution is 0.102. The number of aryl methyl sites for hydroxylation is 1. The average molecular weight is 378 g/mol. The molecule has 0 saturated heterocycles. The summed E-state index contributed by atoms with van der Waals surface area (Å²) in [6.07, 6.45) is 0.854. The quantitative estimate of drug-likeness (QED) is 0.795. The number of carbonyl (C=O) groups is 1. The summed E-state index contributed by atoms with van der Waals surface area (Å²) in [4.78, 5) is 12.6. The number of halogens is 1. The number of rotatable bonds is 6. The molecule has 2 aromatic rings. The first-order valence-corrected chi connectivity index (χ1v) is 8.29. The molecule has 0 spiro atoms. The number of methoxy groups -OCH3 is 1. The van der Waals surface area contributed by atoms with Crippen molar-refractivity contribution in [3.63, 3.8) is 0 Å². The number of carbonyl (C=O) groups excluding carboxylic acids is 1. The highest BCUT2D eigenvalue weighted by Crippen LogP contribution is 2.36. The van der Waals surface area contributed by atoms with E-state index in [1.807, 2.05) is 31.2 Å². The molecular formula is C18H20BrNO3. The minimum absolute atomic E-state index is 0.185. The van der Waals surface area contributed by atoms with Crippen molar-refractivity contribution in [1.82, 2.24) is 0 Å². The van der Waals surface area contributed by atoms with Gasteiger partial charge in [0.15, 0.2) is 11.5 Å². The Morgan fingerprint density at radius 3 is 2.61 bits per heavy atom. The third kappa shape index (κ3) is 4.05. The molecule has 0 fully saturated rings. The molecule has 0 heterocycles. The largest absolute Gasteiger partial charge is 0.492 e. The highest BCUT2D eigenvalue weighted by molar-refractivity contribution is 9.10. The number of hydrogen-bond acceptors (Lipinski definition) is 3. The van der Waals surface area contributed by atoms with Gasteiger partial charge in [-0.3, -0.25) is 4.79 Å². The summed E-state index contributed by atoms with van der Waals surface area (Å²) in [6.45, 7) is 4.44. The van der Waals surface area contributed by atoms with Gasteiger partial charge in [-0.15, -0.1) is 0 Å². The molecule has 122 valence electrons. The summed E-state index contributed by atoms with van der Waals surface area (Å²) >= 11 is 3.43. The van der Waals surface area contributed by atoms with Crippen molar-refractivity contribution in [2.45, 2.75) is 20.3 Å². The van der Waals surface area contributed by atoms with E-state index in [-0.39, 0.29) is 5.91 Å². The van der Waals surface area contributed by atoms with Crippen molar-refractivity contribution < 1.29 is 14.3 Å². The number of benzene rings is 2. The standard InChI is InChI=1S/C18H20BrNO3/c1-4-12-8-6-7-9-15(12)20-18(21)13-10-14(19)17(22-3)16(11-13)23-5-2/h6-11H,4-5H2,1-3H3,(H,20,21). The summed E-state index contributed by atoms with van der Waals surface area (Å²) in [7, 11) is 1.57. The number of nitrogens with one attached hydrogen (secondary N) is 1. The van der Waals surface area contributed by atoms with Gasteiger partial charge in [-0.05, 0) is 53.0 Å². The van der Waals surface area contributed by atoms with Crippen LogP contribution in [0.25, 0.3) is 0 Å². The molecule has 0 aliphatic heterocycles. The maximum atomic E-state index is 12.6. The van der Waals surface area contributed by atoms with E-state index in [0.29, 0.717) is 28.1 Å². The first-order chi connectivity index (χ1) is 11.1. The van der Waals surface area contributed by atoms with Crippen LogP contribution in [0.1, 0.15) is 29.8 Å². The van der Waals surface area contributed by atoms with Crippen LogP contribution in [0.3, 0.4) is 0 Å². The minimum Gasteiger partial charge on any atom is -0.492 e. The Balaban J connectivity index is 2.32. The van der Waals surface area contributed by atoms with Crippen LogP contribution in [0, 0.1) is 0 Å². The van der Waals surface area contributed by atoms with Crippen LogP contribution in [0.4, 0.5) is 5.69 Å². The van der Waals surface area contributed by atoms with Gasteiger partial charge >= 0.3 is 0 Å². The smallest absolute Gasteiger partial charge is 0.255 e. The second-order valence-electron chi connectivity index (χ2n) is 4.89. The summed E-state index contributed by atoms with van der Waals surface area (Å²) in [5, 5.41) is 2.96. The van der Waals surface area contributed by atoms with Crippen molar-refractivity contribution in [3.8, 4) is 11.5 Å². The Hall–Kier alpha value is -2.01. The van der Waals surface area contributed by atoms with Gasteiger partial charge in [-0.25, -0.2) is 0 Å². The Morgan fingerprint density at radius 2 is 1.96 bits per heavy atom. The van der Waals surface area contributed by atoms with Crippen LogP contribution < -0.4 is 14.8 Å². The Morgan fingerprint density at radius 1 is 1.22 bits per heavy atom. The van der Waals surface area contributed by atoms with E-state index in [1.54, 1.807) is 19.2 Å². The van der Waals surface area contributed by atoms with Crippen LogP contribution in [-0.4, -0.2) is 19.6 Å². The maximum Gasteiger partial charge on any atom is 0.255 e. The predicted molar refractivity (Wildman–Crippen MR) is 95.6 cm³/mol. The van der Waals surface area contributed by atoms with Crippen LogP contribution in [0.2, 0.25) is 0 Å².